The van der Waals surface area contributed by atoms with E-state index in [-0.39, 0.29) is 23.6 Å². The zero-order valence-electron chi connectivity index (χ0n) is 13.7. The SMILES string of the molecule is CC(Oc1ccc(F)cc1Br)C(=O)N(Cc1ccc(F)cc1)C1CC1. The lowest BCUT2D eigenvalue weighted by Gasteiger charge is -2.26. The number of hydrogen-bond acceptors (Lipinski definition) is 2. The Kier molecular flexibility index (Phi) is 5.37. The fourth-order valence-corrected chi connectivity index (χ4v) is 3.05. The van der Waals surface area contributed by atoms with Crippen molar-refractivity contribution in [2.75, 3.05) is 0 Å². The number of rotatable bonds is 6. The van der Waals surface area contributed by atoms with Crippen LogP contribution in [0, 0.1) is 11.6 Å². The summed E-state index contributed by atoms with van der Waals surface area (Å²) in [6, 6.07) is 10.4. The highest BCUT2D eigenvalue weighted by atomic mass is 79.9. The van der Waals surface area contributed by atoms with Crippen molar-refractivity contribution in [2.24, 2.45) is 0 Å². The van der Waals surface area contributed by atoms with Gasteiger partial charge in [0.25, 0.3) is 5.91 Å². The van der Waals surface area contributed by atoms with E-state index < -0.39 is 6.10 Å². The first-order valence-electron chi connectivity index (χ1n) is 8.10. The molecule has 0 heterocycles. The molecule has 1 fully saturated rings. The molecule has 3 nitrogen and oxygen atoms in total. The van der Waals surface area contributed by atoms with Gasteiger partial charge in [0.05, 0.1) is 4.47 Å². The highest BCUT2D eigenvalue weighted by Crippen LogP contribution is 2.31. The van der Waals surface area contributed by atoms with E-state index in [1.165, 1.54) is 30.3 Å². The monoisotopic (exact) mass is 409 g/mol. The van der Waals surface area contributed by atoms with Gasteiger partial charge >= 0.3 is 0 Å². The first-order chi connectivity index (χ1) is 11.9. The van der Waals surface area contributed by atoms with Gasteiger partial charge in [0.1, 0.15) is 17.4 Å². The molecule has 2 aromatic carbocycles. The number of benzene rings is 2. The van der Waals surface area contributed by atoms with Gasteiger partial charge in [0, 0.05) is 12.6 Å². The van der Waals surface area contributed by atoms with E-state index in [2.05, 4.69) is 15.9 Å². The Hall–Kier alpha value is -1.95. The average molecular weight is 410 g/mol. The van der Waals surface area contributed by atoms with Crippen LogP contribution in [0.5, 0.6) is 5.75 Å². The average Bonchev–Trinajstić information content (AvgIpc) is 3.41. The van der Waals surface area contributed by atoms with Crippen molar-refractivity contribution in [3.8, 4) is 5.75 Å². The molecule has 0 aromatic heterocycles. The molecular formula is C19H18BrF2NO2. The van der Waals surface area contributed by atoms with Gasteiger partial charge in [-0.1, -0.05) is 12.1 Å². The van der Waals surface area contributed by atoms with E-state index in [9.17, 15) is 13.6 Å². The van der Waals surface area contributed by atoms with E-state index in [4.69, 9.17) is 4.74 Å². The maximum absolute atomic E-state index is 13.2. The van der Waals surface area contributed by atoms with E-state index in [0.717, 1.165) is 18.4 Å². The zero-order valence-corrected chi connectivity index (χ0v) is 15.3. The molecule has 1 amide bonds. The molecule has 0 saturated heterocycles. The number of amides is 1. The van der Waals surface area contributed by atoms with Crippen LogP contribution in [-0.2, 0) is 11.3 Å². The summed E-state index contributed by atoms with van der Waals surface area (Å²) in [7, 11) is 0. The number of carbonyl (C=O) groups excluding carboxylic acids is 1. The lowest BCUT2D eigenvalue weighted by molar-refractivity contribution is -0.139. The van der Waals surface area contributed by atoms with Gasteiger partial charge in [-0.2, -0.15) is 0 Å². The van der Waals surface area contributed by atoms with E-state index in [1.807, 2.05) is 0 Å². The minimum absolute atomic E-state index is 0.136. The summed E-state index contributed by atoms with van der Waals surface area (Å²) in [5.74, 6) is -0.400. The summed E-state index contributed by atoms with van der Waals surface area (Å²) in [6.45, 7) is 2.10. The van der Waals surface area contributed by atoms with Gasteiger partial charge in [-0.3, -0.25) is 4.79 Å². The molecule has 0 spiro atoms. The largest absolute Gasteiger partial charge is 0.480 e. The lowest BCUT2D eigenvalue weighted by Crippen LogP contribution is -2.41. The van der Waals surface area contributed by atoms with E-state index in [0.29, 0.717) is 16.8 Å². The van der Waals surface area contributed by atoms with Crippen LogP contribution in [0.3, 0.4) is 0 Å². The summed E-state index contributed by atoms with van der Waals surface area (Å²) in [5.41, 5.74) is 0.872. The van der Waals surface area contributed by atoms with Gasteiger partial charge in [-0.15, -0.1) is 0 Å². The van der Waals surface area contributed by atoms with Gasteiger partial charge in [-0.25, -0.2) is 8.78 Å². The molecule has 0 bridgehead atoms. The summed E-state index contributed by atoms with van der Waals surface area (Å²) in [4.78, 5) is 14.6. The van der Waals surface area contributed by atoms with Crippen molar-refractivity contribution in [1.29, 1.82) is 0 Å². The molecule has 0 aliphatic heterocycles. The molecule has 1 aliphatic rings. The fraction of sp³-hybridized carbons (Fsp3) is 0.316. The molecule has 25 heavy (non-hydrogen) atoms. The van der Waals surface area contributed by atoms with Crippen LogP contribution in [0.15, 0.2) is 46.9 Å². The van der Waals surface area contributed by atoms with Crippen molar-refractivity contribution in [2.45, 2.75) is 38.5 Å². The second kappa shape index (κ2) is 7.52. The number of nitrogens with zero attached hydrogens (tertiary/aromatic N) is 1. The number of hydrogen-bond donors (Lipinski definition) is 0. The molecular weight excluding hydrogens is 392 g/mol. The summed E-state index contributed by atoms with van der Waals surface area (Å²) >= 11 is 3.24. The molecule has 1 aliphatic carbocycles. The first kappa shape index (κ1) is 17.9. The zero-order chi connectivity index (χ0) is 18.0. The van der Waals surface area contributed by atoms with Crippen LogP contribution in [0.25, 0.3) is 0 Å². The maximum atomic E-state index is 13.2. The van der Waals surface area contributed by atoms with Gasteiger partial charge in [0.15, 0.2) is 6.10 Å². The molecule has 1 atom stereocenters. The highest BCUT2D eigenvalue weighted by Gasteiger charge is 2.35. The first-order valence-corrected chi connectivity index (χ1v) is 8.90. The highest BCUT2D eigenvalue weighted by molar-refractivity contribution is 9.10. The van der Waals surface area contributed by atoms with Crippen molar-refractivity contribution >= 4 is 21.8 Å². The van der Waals surface area contributed by atoms with Crippen molar-refractivity contribution in [3.63, 3.8) is 0 Å². The standard InChI is InChI=1S/C19H18BrF2NO2/c1-12(25-18-9-6-15(22)10-17(18)20)19(24)23(16-7-8-16)11-13-2-4-14(21)5-3-13/h2-6,9-10,12,16H,7-8,11H2,1H3. The molecule has 0 N–H and O–H groups in total. The van der Waals surface area contributed by atoms with Crippen molar-refractivity contribution in [3.05, 3.63) is 64.1 Å². The Morgan fingerprint density at radius 1 is 1.20 bits per heavy atom. The van der Waals surface area contributed by atoms with Crippen LogP contribution in [0.2, 0.25) is 0 Å². The van der Waals surface area contributed by atoms with Crippen LogP contribution < -0.4 is 4.74 Å². The third kappa shape index (κ3) is 4.57. The summed E-state index contributed by atoms with van der Waals surface area (Å²) in [5, 5.41) is 0. The predicted molar refractivity (Wildman–Crippen MR) is 94.2 cm³/mol. The molecule has 1 unspecified atom stereocenters. The quantitative estimate of drug-likeness (QED) is 0.692. The Labute approximate surface area is 153 Å². The van der Waals surface area contributed by atoms with E-state index >= 15 is 0 Å². The van der Waals surface area contributed by atoms with Crippen LogP contribution in [0.4, 0.5) is 8.78 Å². The van der Waals surface area contributed by atoms with Crippen molar-refractivity contribution in [1.82, 2.24) is 4.90 Å². The maximum Gasteiger partial charge on any atom is 0.263 e. The summed E-state index contributed by atoms with van der Waals surface area (Å²) in [6.07, 6.45) is 1.21. The third-order valence-electron chi connectivity index (χ3n) is 4.08. The molecule has 3 rings (SSSR count). The molecule has 2 aromatic rings. The normalized spacial score (nSPS) is 14.9. The van der Waals surface area contributed by atoms with Crippen LogP contribution in [-0.4, -0.2) is 23.0 Å². The third-order valence-corrected chi connectivity index (χ3v) is 4.70. The van der Waals surface area contributed by atoms with E-state index in [1.54, 1.807) is 24.0 Å². The molecule has 6 heteroatoms. The Morgan fingerprint density at radius 2 is 1.84 bits per heavy atom. The van der Waals surface area contributed by atoms with Gasteiger partial charge in [0.2, 0.25) is 0 Å². The molecule has 0 radical (unpaired) electrons. The Bertz CT molecular complexity index is 763. The topological polar surface area (TPSA) is 29.5 Å². The molecule has 132 valence electrons. The minimum Gasteiger partial charge on any atom is -0.480 e. The Morgan fingerprint density at radius 3 is 2.44 bits per heavy atom. The number of carbonyl (C=O) groups is 1. The molecule has 1 saturated carbocycles. The minimum atomic E-state index is -0.706. The lowest BCUT2D eigenvalue weighted by atomic mass is 10.2. The second-order valence-electron chi connectivity index (χ2n) is 6.16. The fourth-order valence-electron chi connectivity index (χ4n) is 2.60. The second-order valence-corrected chi connectivity index (χ2v) is 7.01. The smallest absolute Gasteiger partial charge is 0.263 e. The number of ether oxygens (including phenoxy) is 1. The summed E-state index contributed by atoms with van der Waals surface area (Å²) < 4.78 is 32.4. The predicted octanol–water partition coefficient (Wildman–Crippen LogP) is 4.69. The number of halogens is 3. The van der Waals surface area contributed by atoms with Gasteiger partial charge < -0.3 is 9.64 Å². The van der Waals surface area contributed by atoms with Crippen molar-refractivity contribution < 1.29 is 18.3 Å². The van der Waals surface area contributed by atoms with Crippen LogP contribution >= 0.6 is 15.9 Å². The Balaban J connectivity index is 1.70. The van der Waals surface area contributed by atoms with Gasteiger partial charge in [-0.05, 0) is 71.6 Å². The van der Waals surface area contributed by atoms with Crippen LogP contribution in [0.1, 0.15) is 25.3 Å².